The van der Waals surface area contributed by atoms with Crippen molar-refractivity contribution in [2.24, 2.45) is 0 Å². The minimum Gasteiger partial charge on any atom is -0.423 e. The van der Waals surface area contributed by atoms with E-state index in [2.05, 4.69) is 10.9 Å². The molecule has 18 heavy (non-hydrogen) atoms. The van der Waals surface area contributed by atoms with Crippen LogP contribution >= 0.6 is 0 Å². The average Bonchev–Trinajstić information content (AvgIpc) is 2.87. The van der Waals surface area contributed by atoms with Gasteiger partial charge in [0.15, 0.2) is 0 Å². The number of esters is 1. The van der Waals surface area contributed by atoms with Gasteiger partial charge in [0, 0.05) is 6.54 Å². The van der Waals surface area contributed by atoms with Crippen molar-refractivity contribution in [1.82, 2.24) is 5.43 Å². The van der Waals surface area contributed by atoms with Crippen LogP contribution in [0.5, 0.6) is 5.75 Å². The molecular formula is C14H12N2O2. The smallest absolute Gasteiger partial charge is 0.343 e. The molecule has 2 aromatic carbocycles. The fraction of sp³-hybridized carbons (Fsp3) is 0.0714. The first kappa shape index (κ1) is 10.8. The Bertz CT molecular complexity index is 582. The van der Waals surface area contributed by atoms with Crippen molar-refractivity contribution in [1.29, 1.82) is 0 Å². The highest BCUT2D eigenvalue weighted by molar-refractivity contribution is 5.92. The second-order valence-electron chi connectivity index (χ2n) is 4.05. The molecule has 1 aliphatic heterocycles. The highest BCUT2D eigenvalue weighted by Crippen LogP contribution is 2.21. The Morgan fingerprint density at radius 3 is 2.78 bits per heavy atom. The molecule has 2 N–H and O–H groups in total. The van der Waals surface area contributed by atoms with Gasteiger partial charge in [0.25, 0.3) is 0 Å². The number of fused-ring (bicyclic) bond motifs is 1. The van der Waals surface area contributed by atoms with E-state index in [1.165, 1.54) is 0 Å². The number of hydrogen-bond acceptors (Lipinski definition) is 4. The summed E-state index contributed by atoms with van der Waals surface area (Å²) in [6, 6.07) is 14.5. The van der Waals surface area contributed by atoms with E-state index in [0.29, 0.717) is 17.9 Å². The van der Waals surface area contributed by atoms with Crippen molar-refractivity contribution in [2.45, 2.75) is 6.54 Å². The minimum absolute atomic E-state index is 0.337. The van der Waals surface area contributed by atoms with Gasteiger partial charge in [-0.25, -0.2) is 10.2 Å². The fourth-order valence-corrected chi connectivity index (χ4v) is 1.88. The molecule has 0 saturated carbocycles. The molecule has 0 aliphatic carbocycles. The lowest BCUT2D eigenvalue weighted by molar-refractivity contribution is 0.0734. The van der Waals surface area contributed by atoms with Crippen molar-refractivity contribution < 1.29 is 9.53 Å². The summed E-state index contributed by atoms with van der Waals surface area (Å²) in [6.07, 6.45) is 0. The minimum atomic E-state index is -0.337. The van der Waals surface area contributed by atoms with Gasteiger partial charge in [-0.1, -0.05) is 18.2 Å². The van der Waals surface area contributed by atoms with E-state index < -0.39 is 0 Å². The Labute approximate surface area is 105 Å². The molecule has 90 valence electrons. The van der Waals surface area contributed by atoms with Crippen LogP contribution in [0.4, 0.5) is 5.69 Å². The third kappa shape index (κ3) is 2.06. The van der Waals surface area contributed by atoms with Crippen LogP contribution < -0.4 is 15.6 Å². The van der Waals surface area contributed by atoms with Crippen molar-refractivity contribution >= 4 is 11.7 Å². The summed E-state index contributed by atoms with van der Waals surface area (Å²) in [5.41, 5.74) is 8.65. The topological polar surface area (TPSA) is 50.4 Å². The number of benzene rings is 2. The normalized spacial score (nSPS) is 12.7. The zero-order chi connectivity index (χ0) is 12.4. The molecule has 0 aromatic heterocycles. The van der Waals surface area contributed by atoms with Crippen molar-refractivity contribution in [2.75, 3.05) is 5.43 Å². The first-order chi connectivity index (χ1) is 8.83. The van der Waals surface area contributed by atoms with Crippen molar-refractivity contribution in [3.05, 3.63) is 59.7 Å². The second-order valence-corrected chi connectivity index (χ2v) is 4.05. The Morgan fingerprint density at radius 2 is 1.94 bits per heavy atom. The van der Waals surface area contributed by atoms with Gasteiger partial charge in [0.1, 0.15) is 5.75 Å². The van der Waals surface area contributed by atoms with E-state index in [4.69, 9.17) is 4.74 Å². The summed E-state index contributed by atoms with van der Waals surface area (Å²) in [4.78, 5) is 12.0. The highest BCUT2D eigenvalue weighted by atomic mass is 16.5. The van der Waals surface area contributed by atoms with Gasteiger partial charge < -0.3 is 10.2 Å². The molecule has 1 aliphatic rings. The van der Waals surface area contributed by atoms with Gasteiger partial charge in [-0.05, 0) is 35.9 Å². The first-order valence-corrected chi connectivity index (χ1v) is 5.72. The van der Waals surface area contributed by atoms with E-state index in [1.807, 2.05) is 30.3 Å². The molecule has 0 fully saturated rings. The molecule has 0 unspecified atom stereocenters. The van der Waals surface area contributed by atoms with Crippen LogP contribution in [0.2, 0.25) is 0 Å². The number of hydrazine groups is 1. The number of nitrogens with one attached hydrogen (secondary N) is 2. The Kier molecular flexibility index (Phi) is 2.70. The van der Waals surface area contributed by atoms with Crippen LogP contribution in [0.15, 0.2) is 48.5 Å². The molecule has 3 rings (SSSR count). The summed E-state index contributed by atoms with van der Waals surface area (Å²) in [7, 11) is 0. The lowest BCUT2D eigenvalue weighted by Gasteiger charge is -2.05. The third-order valence-electron chi connectivity index (χ3n) is 2.80. The number of carbonyl (C=O) groups is 1. The van der Waals surface area contributed by atoms with Crippen LogP contribution in [0, 0.1) is 0 Å². The van der Waals surface area contributed by atoms with Crippen molar-refractivity contribution in [3.63, 3.8) is 0 Å². The van der Waals surface area contributed by atoms with Crippen LogP contribution in [0.25, 0.3) is 0 Å². The molecule has 2 aromatic rings. The predicted octanol–water partition coefficient (Wildman–Crippen LogP) is 2.34. The standard InChI is InChI=1S/C14H12N2O2/c17-14(18-12-4-2-1-3-5-12)10-6-7-13-11(8-10)9-15-16-13/h1-8,15-16H,9H2. The quantitative estimate of drug-likeness (QED) is 0.625. The molecule has 4 nitrogen and oxygen atoms in total. The molecule has 0 spiro atoms. The summed E-state index contributed by atoms with van der Waals surface area (Å²) >= 11 is 0. The van der Waals surface area contributed by atoms with Gasteiger partial charge in [0.2, 0.25) is 0 Å². The van der Waals surface area contributed by atoms with Gasteiger partial charge in [-0.2, -0.15) is 0 Å². The van der Waals surface area contributed by atoms with Gasteiger partial charge in [-0.3, -0.25) is 0 Å². The zero-order valence-corrected chi connectivity index (χ0v) is 9.64. The van der Waals surface area contributed by atoms with Crippen molar-refractivity contribution in [3.8, 4) is 5.75 Å². The molecule has 0 radical (unpaired) electrons. The lowest BCUT2D eigenvalue weighted by Crippen LogP contribution is -2.10. The molecule has 0 saturated heterocycles. The number of rotatable bonds is 2. The van der Waals surface area contributed by atoms with Crippen LogP contribution in [0.1, 0.15) is 15.9 Å². The van der Waals surface area contributed by atoms with E-state index >= 15 is 0 Å². The third-order valence-corrected chi connectivity index (χ3v) is 2.80. The monoisotopic (exact) mass is 240 g/mol. The summed E-state index contributed by atoms with van der Waals surface area (Å²) < 4.78 is 5.28. The summed E-state index contributed by atoms with van der Waals surface area (Å²) in [5.74, 6) is 0.218. The second kappa shape index (κ2) is 4.50. The lowest BCUT2D eigenvalue weighted by atomic mass is 10.1. The van der Waals surface area contributed by atoms with Crippen LogP contribution in [-0.2, 0) is 6.54 Å². The Hall–Kier alpha value is -2.33. The van der Waals surface area contributed by atoms with E-state index in [-0.39, 0.29) is 5.97 Å². The van der Waals surface area contributed by atoms with Crippen LogP contribution in [0.3, 0.4) is 0 Å². The maximum absolute atomic E-state index is 12.0. The van der Waals surface area contributed by atoms with E-state index in [0.717, 1.165) is 11.3 Å². The Balaban J connectivity index is 1.81. The van der Waals surface area contributed by atoms with E-state index in [9.17, 15) is 4.79 Å². The SMILES string of the molecule is O=C(Oc1ccccc1)c1ccc2c(c1)CNN2. The number of para-hydroxylation sites is 1. The maximum Gasteiger partial charge on any atom is 0.343 e. The molecule has 0 bridgehead atoms. The van der Waals surface area contributed by atoms with E-state index in [1.54, 1.807) is 18.2 Å². The molecular weight excluding hydrogens is 228 g/mol. The maximum atomic E-state index is 12.0. The molecule has 0 amide bonds. The highest BCUT2D eigenvalue weighted by Gasteiger charge is 2.14. The Morgan fingerprint density at radius 1 is 1.11 bits per heavy atom. The predicted molar refractivity (Wildman–Crippen MR) is 68.3 cm³/mol. The van der Waals surface area contributed by atoms with Crippen LogP contribution in [-0.4, -0.2) is 5.97 Å². The number of hydrogen-bond donors (Lipinski definition) is 2. The number of ether oxygens (including phenoxy) is 1. The fourth-order valence-electron chi connectivity index (χ4n) is 1.88. The summed E-state index contributed by atoms with van der Waals surface area (Å²) in [6.45, 7) is 0.710. The van der Waals surface area contributed by atoms with Gasteiger partial charge in [-0.15, -0.1) is 0 Å². The number of anilines is 1. The molecule has 1 heterocycles. The molecule has 0 atom stereocenters. The van der Waals surface area contributed by atoms with Gasteiger partial charge in [0.05, 0.1) is 11.3 Å². The summed E-state index contributed by atoms with van der Waals surface area (Å²) in [5, 5.41) is 0. The molecule has 4 heteroatoms. The zero-order valence-electron chi connectivity index (χ0n) is 9.64. The largest absolute Gasteiger partial charge is 0.423 e. The number of carbonyl (C=O) groups excluding carboxylic acids is 1. The average molecular weight is 240 g/mol. The van der Waals surface area contributed by atoms with Gasteiger partial charge >= 0.3 is 5.97 Å². The first-order valence-electron chi connectivity index (χ1n) is 5.72.